The van der Waals surface area contributed by atoms with Gasteiger partial charge in [-0.3, -0.25) is 4.79 Å². The van der Waals surface area contributed by atoms with Gasteiger partial charge < -0.3 is 5.32 Å². The molecule has 0 saturated carbocycles. The average Bonchev–Trinajstić information content (AvgIpc) is 3.24. The lowest BCUT2D eigenvalue weighted by Crippen LogP contribution is -2.22. The third-order valence-electron chi connectivity index (χ3n) is 4.31. The highest BCUT2D eigenvalue weighted by Crippen LogP contribution is 2.29. The highest BCUT2D eigenvalue weighted by molar-refractivity contribution is 9.10. The van der Waals surface area contributed by atoms with Crippen LogP contribution in [0.5, 0.6) is 0 Å². The average molecular weight is 449 g/mol. The van der Waals surface area contributed by atoms with Gasteiger partial charge >= 0.3 is 0 Å². The van der Waals surface area contributed by atoms with Crippen molar-refractivity contribution in [2.45, 2.75) is 6.54 Å². The molecule has 0 aliphatic carbocycles. The lowest BCUT2D eigenvalue weighted by Gasteiger charge is -2.07. The first-order chi connectivity index (χ1) is 13.7. The molecule has 0 atom stereocenters. The maximum atomic E-state index is 12.3. The minimum atomic E-state index is -0.0847. The summed E-state index contributed by atoms with van der Waals surface area (Å²) in [6, 6.07) is 25.6. The van der Waals surface area contributed by atoms with E-state index in [0.717, 1.165) is 31.9 Å². The number of amides is 1. The first-order valence-electron chi connectivity index (χ1n) is 8.83. The molecule has 0 fully saturated rings. The number of carbonyl (C=O) groups is 1. The summed E-state index contributed by atoms with van der Waals surface area (Å²) in [5.74, 6) is -0.0847. The van der Waals surface area contributed by atoms with E-state index in [4.69, 9.17) is 4.98 Å². The van der Waals surface area contributed by atoms with Crippen LogP contribution in [0.15, 0.2) is 88.7 Å². The molecule has 5 heteroatoms. The summed E-state index contributed by atoms with van der Waals surface area (Å²) in [6.07, 6.45) is 0. The molecule has 1 amide bonds. The third-order valence-corrected chi connectivity index (χ3v) is 5.73. The molecule has 0 spiro atoms. The Kier molecular flexibility index (Phi) is 5.65. The Morgan fingerprint density at radius 3 is 2.46 bits per heavy atom. The molecule has 0 radical (unpaired) electrons. The van der Waals surface area contributed by atoms with Gasteiger partial charge in [-0.05, 0) is 35.9 Å². The SMILES string of the molecule is O=C(NCc1cccc(-c2nc(-c3ccccc3)cs2)c1)c1ccc(Br)cc1. The van der Waals surface area contributed by atoms with Crippen molar-refractivity contribution in [2.24, 2.45) is 0 Å². The van der Waals surface area contributed by atoms with Gasteiger partial charge in [0.15, 0.2) is 0 Å². The third kappa shape index (κ3) is 4.38. The minimum Gasteiger partial charge on any atom is -0.348 e. The van der Waals surface area contributed by atoms with Crippen molar-refractivity contribution >= 4 is 33.2 Å². The van der Waals surface area contributed by atoms with Crippen molar-refractivity contribution < 1.29 is 4.79 Å². The summed E-state index contributed by atoms with van der Waals surface area (Å²) < 4.78 is 0.954. The van der Waals surface area contributed by atoms with Gasteiger partial charge in [0, 0.05) is 33.1 Å². The van der Waals surface area contributed by atoms with E-state index < -0.39 is 0 Å². The molecule has 138 valence electrons. The molecular formula is C23H17BrN2OS. The second-order valence-electron chi connectivity index (χ2n) is 6.29. The van der Waals surface area contributed by atoms with Crippen LogP contribution in [-0.2, 0) is 6.54 Å². The number of carbonyl (C=O) groups excluding carboxylic acids is 1. The van der Waals surface area contributed by atoms with Crippen LogP contribution >= 0.6 is 27.3 Å². The Morgan fingerprint density at radius 2 is 1.68 bits per heavy atom. The van der Waals surface area contributed by atoms with Crippen LogP contribution < -0.4 is 5.32 Å². The predicted molar refractivity (Wildman–Crippen MR) is 118 cm³/mol. The summed E-state index contributed by atoms with van der Waals surface area (Å²) in [4.78, 5) is 17.1. The molecule has 0 aliphatic rings. The normalized spacial score (nSPS) is 10.6. The van der Waals surface area contributed by atoms with Crippen LogP contribution in [-0.4, -0.2) is 10.9 Å². The van der Waals surface area contributed by atoms with Gasteiger partial charge in [0.25, 0.3) is 5.91 Å². The first kappa shape index (κ1) is 18.6. The van der Waals surface area contributed by atoms with Crippen molar-refractivity contribution in [3.8, 4) is 21.8 Å². The summed E-state index contributed by atoms with van der Waals surface area (Å²) in [7, 11) is 0. The number of hydrogen-bond donors (Lipinski definition) is 1. The Bertz CT molecular complexity index is 1090. The molecule has 4 rings (SSSR count). The van der Waals surface area contributed by atoms with Gasteiger partial charge in [-0.1, -0.05) is 64.5 Å². The molecule has 28 heavy (non-hydrogen) atoms. The van der Waals surface area contributed by atoms with Crippen molar-refractivity contribution in [2.75, 3.05) is 0 Å². The number of nitrogens with one attached hydrogen (secondary N) is 1. The van der Waals surface area contributed by atoms with Crippen LogP contribution in [0.4, 0.5) is 0 Å². The van der Waals surface area contributed by atoms with Crippen LogP contribution in [0.2, 0.25) is 0 Å². The van der Waals surface area contributed by atoms with Crippen LogP contribution in [0.25, 0.3) is 21.8 Å². The molecule has 1 aromatic heterocycles. The quantitative estimate of drug-likeness (QED) is 0.396. The summed E-state index contributed by atoms with van der Waals surface area (Å²) in [5.41, 5.74) is 4.84. The molecule has 0 bridgehead atoms. The maximum Gasteiger partial charge on any atom is 0.251 e. The van der Waals surface area contributed by atoms with Crippen LogP contribution in [0.3, 0.4) is 0 Å². The molecule has 3 aromatic carbocycles. The van der Waals surface area contributed by atoms with Gasteiger partial charge in [-0.2, -0.15) is 0 Å². The van der Waals surface area contributed by atoms with Crippen molar-refractivity contribution in [1.82, 2.24) is 10.3 Å². The van der Waals surface area contributed by atoms with E-state index in [1.807, 2.05) is 48.5 Å². The second-order valence-corrected chi connectivity index (χ2v) is 8.07. The van der Waals surface area contributed by atoms with Gasteiger partial charge in [0.2, 0.25) is 0 Å². The number of benzene rings is 3. The zero-order chi connectivity index (χ0) is 19.3. The number of thiazole rings is 1. The molecule has 0 saturated heterocycles. The van der Waals surface area contributed by atoms with E-state index in [9.17, 15) is 4.79 Å². The van der Waals surface area contributed by atoms with E-state index >= 15 is 0 Å². The Balaban J connectivity index is 1.47. The van der Waals surface area contributed by atoms with E-state index in [1.54, 1.807) is 23.5 Å². The molecule has 4 aromatic rings. The Morgan fingerprint density at radius 1 is 0.929 bits per heavy atom. The lowest BCUT2D eigenvalue weighted by atomic mass is 10.1. The number of aromatic nitrogens is 1. The summed E-state index contributed by atoms with van der Waals surface area (Å²) in [5, 5.41) is 6.02. The molecule has 1 heterocycles. The van der Waals surface area contributed by atoms with Crippen molar-refractivity contribution in [1.29, 1.82) is 0 Å². The first-order valence-corrected chi connectivity index (χ1v) is 10.5. The number of halogens is 1. The van der Waals surface area contributed by atoms with Gasteiger partial charge in [-0.15, -0.1) is 11.3 Å². The predicted octanol–water partition coefficient (Wildman–Crippen LogP) is 6.17. The fourth-order valence-corrected chi connectivity index (χ4v) is 3.94. The van der Waals surface area contributed by atoms with E-state index in [2.05, 4.69) is 44.8 Å². The number of hydrogen-bond acceptors (Lipinski definition) is 3. The standard InChI is InChI=1S/C23H17BrN2OS/c24-20-11-9-18(10-12-20)22(27)25-14-16-5-4-8-19(13-16)23-26-21(15-28-23)17-6-2-1-3-7-17/h1-13,15H,14H2,(H,25,27). The molecule has 3 nitrogen and oxygen atoms in total. The van der Waals surface area contributed by atoms with Gasteiger partial charge in [0.1, 0.15) is 5.01 Å². The van der Waals surface area contributed by atoms with E-state index in [1.165, 1.54) is 0 Å². The lowest BCUT2D eigenvalue weighted by molar-refractivity contribution is 0.0951. The van der Waals surface area contributed by atoms with Gasteiger partial charge in [0.05, 0.1) is 5.69 Å². The fraction of sp³-hybridized carbons (Fsp3) is 0.0435. The Labute approximate surface area is 176 Å². The van der Waals surface area contributed by atoms with E-state index in [-0.39, 0.29) is 5.91 Å². The summed E-state index contributed by atoms with van der Waals surface area (Å²) >= 11 is 5.01. The monoisotopic (exact) mass is 448 g/mol. The smallest absolute Gasteiger partial charge is 0.251 e. The number of nitrogens with zero attached hydrogens (tertiary/aromatic N) is 1. The van der Waals surface area contributed by atoms with Crippen LogP contribution in [0.1, 0.15) is 15.9 Å². The highest BCUT2D eigenvalue weighted by Gasteiger charge is 2.08. The molecular weight excluding hydrogens is 432 g/mol. The van der Waals surface area contributed by atoms with Crippen LogP contribution in [0, 0.1) is 0 Å². The van der Waals surface area contributed by atoms with Crippen molar-refractivity contribution in [3.05, 3.63) is 99.8 Å². The van der Waals surface area contributed by atoms with Gasteiger partial charge in [-0.25, -0.2) is 4.98 Å². The molecule has 1 N–H and O–H groups in total. The fourth-order valence-electron chi connectivity index (χ4n) is 2.85. The summed E-state index contributed by atoms with van der Waals surface area (Å²) in [6.45, 7) is 0.472. The van der Waals surface area contributed by atoms with E-state index in [0.29, 0.717) is 12.1 Å². The zero-order valence-corrected chi connectivity index (χ0v) is 17.3. The maximum absolute atomic E-state index is 12.3. The Hall–Kier alpha value is -2.76. The van der Waals surface area contributed by atoms with Crippen molar-refractivity contribution in [3.63, 3.8) is 0 Å². The highest BCUT2D eigenvalue weighted by atomic mass is 79.9. The second kappa shape index (κ2) is 8.50. The number of rotatable bonds is 5. The topological polar surface area (TPSA) is 42.0 Å². The molecule has 0 unspecified atom stereocenters. The largest absolute Gasteiger partial charge is 0.348 e. The minimum absolute atomic E-state index is 0.0847. The zero-order valence-electron chi connectivity index (χ0n) is 14.9. The molecule has 0 aliphatic heterocycles.